The minimum atomic E-state index is -3.60. The lowest BCUT2D eigenvalue weighted by atomic mass is 10.2. The van der Waals surface area contributed by atoms with Crippen molar-refractivity contribution in [1.82, 2.24) is 9.71 Å². The number of pyridine rings is 1. The molecule has 22 heavy (non-hydrogen) atoms. The predicted octanol–water partition coefficient (Wildman–Crippen LogP) is 1.39. The van der Waals surface area contributed by atoms with Crippen LogP contribution >= 0.6 is 0 Å². The fraction of sp³-hybridized carbons (Fsp3) is 0.200. The molecule has 0 spiro atoms. The number of nitrogens with one attached hydrogen (secondary N) is 1. The Balaban J connectivity index is 1.99. The van der Waals surface area contributed by atoms with Gasteiger partial charge in [-0.1, -0.05) is 6.07 Å². The number of esters is 1. The summed E-state index contributed by atoms with van der Waals surface area (Å²) in [6.07, 6.45) is 3.91. The number of carbonyl (C=O) groups is 1. The highest BCUT2D eigenvalue weighted by Gasteiger charge is 2.14. The number of carbonyl (C=O) groups excluding carboxylic acids is 1. The zero-order valence-electron chi connectivity index (χ0n) is 12.0. The van der Waals surface area contributed by atoms with E-state index in [1.165, 1.54) is 31.4 Å². The second-order valence-electron chi connectivity index (χ2n) is 4.53. The van der Waals surface area contributed by atoms with E-state index in [0.717, 1.165) is 5.56 Å². The van der Waals surface area contributed by atoms with E-state index in [1.807, 2.05) is 6.07 Å². The topological polar surface area (TPSA) is 85.4 Å². The lowest BCUT2D eigenvalue weighted by molar-refractivity contribution is 0.0600. The van der Waals surface area contributed by atoms with Crippen molar-refractivity contribution in [1.29, 1.82) is 0 Å². The van der Waals surface area contributed by atoms with Gasteiger partial charge in [-0.05, 0) is 42.3 Å². The van der Waals surface area contributed by atoms with Crippen LogP contribution in [0.25, 0.3) is 0 Å². The van der Waals surface area contributed by atoms with Gasteiger partial charge in [0.05, 0.1) is 17.6 Å². The van der Waals surface area contributed by atoms with Gasteiger partial charge in [-0.3, -0.25) is 4.98 Å². The van der Waals surface area contributed by atoms with Gasteiger partial charge in [-0.15, -0.1) is 0 Å². The smallest absolute Gasteiger partial charge is 0.337 e. The van der Waals surface area contributed by atoms with E-state index in [2.05, 4.69) is 14.4 Å². The van der Waals surface area contributed by atoms with Crippen molar-refractivity contribution < 1.29 is 17.9 Å². The van der Waals surface area contributed by atoms with Gasteiger partial charge in [-0.25, -0.2) is 17.9 Å². The Labute approximate surface area is 129 Å². The Kier molecular flexibility index (Phi) is 5.24. The molecule has 0 bridgehead atoms. The third-order valence-electron chi connectivity index (χ3n) is 3.01. The summed E-state index contributed by atoms with van der Waals surface area (Å²) < 4.78 is 31.3. The third kappa shape index (κ3) is 4.12. The van der Waals surface area contributed by atoms with Gasteiger partial charge in [0.25, 0.3) is 0 Å². The zero-order chi connectivity index (χ0) is 16.0. The molecule has 1 aromatic carbocycles. The lowest BCUT2D eigenvalue weighted by Crippen LogP contribution is -2.26. The molecule has 7 heteroatoms. The van der Waals surface area contributed by atoms with E-state index in [4.69, 9.17) is 0 Å². The van der Waals surface area contributed by atoms with Crippen molar-refractivity contribution in [3.05, 3.63) is 59.9 Å². The van der Waals surface area contributed by atoms with Crippen LogP contribution in [0.3, 0.4) is 0 Å². The average Bonchev–Trinajstić information content (AvgIpc) is 2.55. The molecule has 0 unspecified atom stereocenters. The Hall–Kier alpha value is -2.25. The van der Waals surface area contributed by atoms with Crippen molar-refractivity contribution in [3.8, 4) is 0 Å². The van der Waals surface area contributed by atoms with Crippen LogP contribution in [0.15, 0.2) is 53.7 Å². The van der Waals surface area contributed by atoms with Gasteiger partial charge in [0.15, 0.2) is 0 Å². The lowest BCUT2D eigenvalue weighted by Gasteiger charge is -2.07. The van der Waals surface area contributed by atoms with Crippen LogP contribution in [-0.2, 0) is 21.2 Å². The summed E-state index contributed by atoms with van der Waals surface area (Å²) in [6.45, 7) is 0.271. The van der Waals surface area contributed by atoms with Crippen LogP contribution in [0.4, 0.5) is 0 Å². The van der Waals surface area contributed by atoms with E-state index in [9.17, 15) is 13.2 Å². The summed E-state index contributed by atoms with van der Waals surface area (Å²) in [6, 6.07) is 9.27. The van der Waals surface area contributed by atoms with Crippen LogP contribution in [0.2, 0.25) is 0 Å². The second kappa shape index (κ2) is 7.15. The largest absolute Gasteiger partial charge is 0.465 e. The Morgan fingerprint density at radius 1 is 1.23 bits per heavy atom. The number of aromatic nitrogens is 1. The molecule has 0 aliphatic heterocycles. The van der Waals surface area contributed by atoms with Crippen LogP contribution < -0.4 is 4.72 Å². The van der Waals surface area contributed by atoms with Gasteiger partial charge in [0.2, 0.25) is 10.0 Å². The highest BCUT2D eigenvalue weighted by molar-refractivity contribution is 7.89. The summed E-state index contributed by atoms with van der Waals surface area (Å²) in [7, 11) is -2.33. The normalized spacial score (nSPS) is 11.1. The van der Waals surface area contributed by atoms with E-state index in [-0.39, 0.29) is 11.4 Å². The number of hydrogen-bond donors (Lipinski definition) is 1. The molecule has 1 aromatic heterocycles. The van der Waals surface area contributed by atoms with Gasteiger partial charge >= 0.3 is 5.97 Å². The fourth-order valence-electron chi connectivity index (χ4n) is 1.85. The van der Waals surface area contributed by atoms with E-state index in [0.29, 0.717) is 12.0 Å². The molecule has 0 fully saturated rings. The molecule has 0 saturated heterocycles. The molecule has 0 amide bonds. The fourth-order valence-corrected chi connectivity index (χ4v) is 2.88. The van der Waals surface area contributed by atoms with Gasteiger partial charge in [0, 0.05) is 18.9 Å². The molecule has 116 valence electrons. The van der Waals surface area contributed by atoms with Crippen molar-refractivity contribution in [2.24, 2.45) is 0 Å². The summed E-state index contributed by atoms with van der Waals surface area (Å²) in [4.78, 5) is 15.4. The maximum absolute atomic E-state index is 12.1. The quantitative estimate of drug-likeness (QED) is 0.813. The predicted molar refractivity (Wildman–Crippen MR) is 80.9 cm³/mol. The van der Waals surface area contributed by atoms with Crippen LogP contribution in [-0.4, -0.2) is 33.0 Å². The monoisotopic (exact) mass is 320 g/mol. The highest BCUT2D eigenvalue weighted by atomic mass is 32.2. The standard InChI is InChI=1S/C15H16N2O4S/c1-21-15(18)13-4-6-14(7-5-13)22(19,20)17-10-8-12-3-2-9-16-11-12/h2-7,9,11,17H,8,10H2,1H3. The van der Waals surface area contributed by atoms with E-state index in [1.54, 1.807) is 18.5 Å². The first kappa shape index (κ1) is 16.1. The van der Waals surface area contributed by atoms with Crippen molar-refractivity contribution >= 4 is 16.0 Å². The Bertz CT molecular complexity index is 728. The van der Waals surface area contributed by atoms with E-state index < -0.39 is 16.0 Å². The van der Waals surface area contributed by atoms with Crippen molar-refractivity contribution in [2.75, 3.05) is 13.7 Å². The molecule has 0 aliphatic carbocycles. The molecule has 6 nitrogen and oxygen atoms in total. The number of hydrogen-bond acceptors (Lipinski definition) is 5. The maximum Gasteiger partial charge on any atom is 0.337 e. The minimum absolute atomic E-state index is 0.103. The SMILES string of the molecule is COC(=O)c1ccc(S(=O)(=O)NCCc2cccnc2)cc1. The number of ether oxygens (including phenoxy) is 1. The minimum Gasteiger partial charge on any atom is -0.465 e. The molecule has 0 aliphatic rings. The number of rotatable bonds is 6. The van der Waals surface area contributed by atoms with Crippen LogP contribution in [0.1, 0.15) is 15.9 Å². The molecular weight excluding hydrogens is 304 g/mol. The maximum atomic E-state index is 12.1. The molecular formula is C15H16N2O4S. The Morgan fingerprint density at radius 3 is 2.55 bits per heavy atom. The summed E-state index contributed by atoms with van der Waals surface area (Å²) in [5.41, 5.74) is 1.25. The summed E-state index contributed by atoms with van der Waals surface area (Å²) in [5, 5.41) is 0. The second-order valence-corrected chi connectivity index (χ2v) is 6.29. The van der Waals surface area contributed by atoms with Crippen molar-refractivity contribution in [3.63, 3.8) is 0 Å². The third-order valence-corrected chi connectivity index (χ3v) is 4.49. The van der Waals surface area contributed by atoms with E-state index >= 15 is 0 Å². The molecule has 2 aromatic rings. The first-order chi connectivity index (χ1) is 10.5. The molecule has 0 saturated carbocycles. The van der Waals surface area contributed by atoms with Crippen molar-refractivity contribution in [2.45, 2.75) is 11.3 Å². The molecule has 1 heterocycles. The van der Waals surface area contributed by atoms with Gasteiger partial charge in [-0.2, -0.15) is 0 Å². The first-order valence-corrected chi connectivity index (χ1v) is 8.08. The van der Waals surface area contributed by atoms with Crippen LogP contribution in [0.5, 0.6) is 0 Å². The first-order valence-electron chi connectivity index (χ1n) is 6.60. The average molecular weight is 320 g/mol. The molecule has 2 rings (SSSR count). The highest BCUT2D eigenvalue weighted by Crippen LogP contribution is 2.11. The zero-order valence-corrected chi connectivity index (χ0v) is 12.8. The molecule has 0 atom stereocenters. The van der Waals surface area contributed by atoms with Gasteiger partial charge in [0.1, 0.15) is 0 Å². The molecule has 0 radical (unpaired) electrons. The number of methoxy groups -OCH3 is 1. The number of benzene rings is 1. The van der Waals surface area contributed by atoms with Gasteiger partial charge < -0.3 is 4.74 Å². The molecule has 1 N–H and O–H groups in total. The summed E-state index contributed by atoms with van der Waals surface area (Å²) >= 11 is 0. The number of nitrogens with zero attached hydrogens (tertiary/aromatic N) is 1. The Morgan fingerprint density at radius 2 is 1.95 bits per heavy atom. The summed E-state index contributed by atoms with van der Waals surface area (Å²) in [5.74, 6) is -0.506. The van der Waals surface area contributed by atoms with Crippen LogP contribution in [0, 0.1) is 0 Å². The number of sulfonamides is 1.